The second-order valence-electron chi connectivity index (χ2n) is 6.06. The van der Waals surface area contributed by atoms with Gasteiger partial charge in [-0.2, -0.15) is 5.10 Å². The summed E-state index contributed by atoms with van der Waals surface area (Å²) < 4.78 is 28.6. The number of benzene rings is 2. The van der Waals surface area contributed by atoms with Crippen LogP contribution in [0.25, 0.3) is 21.8 Å². The third kappa shape index (κ3) is 2.61. The fourth-order valence-corrected chi connectivity index (χ4v) is 3.10. The van der Waals surface area contributed by atoms with Gasteiger partial charge in [-0.3, -0.25) is 9.48 Å². The molecular weight excluding hydrogens is 338 g/mol. The summed E-state index contributed by atoms with van der Waals surface area (Å²) in [6, 6.07) is 9.54. The lowest BCUT2D eigenvalue weighted by Gasteiger charge is -2.07. The molecular formula is C19H16F2N4O. The third-order valence-electron chi connectivity index (χ3n) is 4.27. The fraction of sp³-hybridized carbons (Fsp3) is 0.158. The van der Waals surface area contributed by atoms with Crippen LogP contribution in [0.3, 0.4) is 0 Å². The molecule has 2 aromatic carbocycles. The standard InChI is InChI=1S/C19H16F2N4O/c1-2-7-25-18(11-5-3-4-6-15(11)24-25)19(26)23-17-10-22-16-9-14(21)13(20)8-12(16)17/h3-6,8-10,22H,2,7H2,1H3,(H,23,26). The number of nitrogens with one attached hydrogen (secondary N) is 2. The maximum atomic E-state index is 13.6. The van der Waals surface area contributed by atoms with Crippen LogP contribution in [0.4, 0.5) is 14.5 Å². The van der Waals surface area contributed by atoms with Gasteiger partial charge in [0.25, 0.3) is 5.91 Å². The van der Waals surface area contributed by atoms with Crippen LogP contribution in [0, 0.1) is 11.6 Å². The minimum Gasteiger partial charge on any atom is -0.359 e. The van der Waals surface area contributed by atoms with Gasteiger partial charge in [0.2, 0.25) is 0 Å². The maximum Gasteiger partial charge on any atom is 0.274 e. The van der Waals surface area contributed by atoms with Crippen LogP contribution < -0.4 is 5.32 Å². The Bertz CT molecular complexity index is 1130. The molecule has 0 saturated heterocycles. The van der Waals surface area contributed by atoms with Crippen molar-refractivity contribution in [2.75, 3.05) is 5.32 Å². The highest BCUT2D eigenvalue weighted by molar-refractivity contribution is 6.14. The molecule has 4 aromatic rings. The van der Waals surface area contributed by atoms with E-state index >= 15 is 0 Å². The number of nitrogens with zero attached hydrogens (tertiary/aromatic N) is 2. The van der Waals surface area contributed by atoms with E-state index in [1.54, 1.807) is 4.68 Å². The first-order valence-corrected chi connectivity index (χ1v) is 8.31. The molecule has 0 bridgehead atoms. The Kier molecular flexibility index (Phi) is 3.91. The van der Waals surface area contributed by atoms with Crippen LogP contribution in [0.15, 0.2) is 42.6 Å². The van der Waals surface area contributed by atoms with Crippen LogP contribution in [-0.4, -0.2) is 20.7 Å². The van der Waals surface area contributed by atoms with Crippen LogP contribution in [-0.2, 0) is 6.54 Å². The molecule has 2 heterocycles. The van der Waals surface area contributed by atoms with E-state index in [2.05, 4.69) is 15.4 Å². The zero-order chi connectivity index (χ0) is 18.3. The summed E-state index contributed by atoms with van der Waals surface area (Å²) in [4.78, 5) is 15.8. The number of carbonyl (C=O) groups is 1. The number of hydrogen-bond donors (Lipinski definition) is 2. The largest absolute Gasteiger partial charge is 0.359 e. The Morgan fingerprint density at radius 1 is 1.19 bits per heavy atom. The van der Waals surface area contributed by atoms with Crippen molar-refractivity contribution < 1.29 is 13.6 Å². The summed E-state index contributed by atoms with van der Waals surface area (Å²) in [5.41, 5.74) is 1.97. The zero-order valence-electron chi connectivity index (χ0n) is 14.0. The summed E-state index contributed by atoms with van der Waals surface area (Å²) in [6.07, 6.45) is 2.34. The quantitative estimate of drug-likeness (QED) is 0.568. The molecule has 0 unspecified atom stereocenters. The molecule has 2 N–H and O–H groups in total. The molecule has 0 fully saturated rings. The number of aromatic nitrogens is 3. The molecule has 5 nitrogen and oxygen atoms in total. The average Bonchev–Trinajstić information content (AvgIpc) is 3.17. The Morgan fingerprint density at radius 3 is 2.77 bits per heavy atom. The highest BCUT2D eigenvalue weighted by Crippen LogP contribution is 2.27. The molecule has 4 rings (SSSR count). The SMILES string of the molecule is CCCn1nc2ccccc2c1C(=O)Nc1c[nH]c2cc(F)c(F)cc12. The molecule has 0 aliphatic heterocycles. The van der Waals surface area contributed by atoms with Gasteiger partial charge >= 0.3 is 0 Å². The van der Waals surface area contributed by atoms with Crippen LogP contribution in [0.2, 0.25) is 0 Å². The lowest BCUT2D eigenvalue weighted by atomic mass is 10.2. The summed E-state index contributed by atoms with van der Waals surface area (Å²) in [6.45, 7) is 2.61. The Labute approximate surface area is 147 Å². The maximum absolute atomic E-state index is 13.6. The van der Waals surface area contributed by atoms with E-state index in [1.807, 2.05) is 31.2 Å². The third-order valence-corrected chi connectivity index (χ3v) is 4.27. The van der Waals surface area contributed by atoms with Crippen molar-refractivity contribution in [2.45, 2.75) is 19.9 Å². The Balaban J connectivity index is 1.76. The Hall–Kier alpha value is -3.22. The van der Waals surface area contributed by atoms with Crippen LogP contribution >= 0.6 is 0 Å². The van der Waals surface area contributed by atoms with Crippen molar-refractivity contribution in [3.63, 3.8) is 0 Å². The van der Waals surface area contributed by atoms with Gasteiger partial charge in [-0.25, -0.2) is 8.78 Å². The average molecular weight is 354 g/mol. The first kappa shape index (κ1) is 16.3. The number of hydrogen-bond acceptors (Lipinski definition) is 2. The van der Waals surface area contributed by atoms with Crippen molar-refractivity contribution in [3.05, 3.63) is 59.9 Å². The van der Waals surface area contributed by atoms with Gasteiger partial charge in [-0.15, -0.1) is 0 Å². The smallest absolute Gasteiger partial charge is 0.274 e. The van der Waals surface area contributed by atoms with E-state index in [1.165, 1.54) is 6.20 Å². The number of aryl methyl sites for hydroxylation is 1. The first-order valence-electron chi connectivity index (χ1n) is 8.31. The lowest BCUT2D eigenvalue weighted by molar-refractivity contribution is 0.101. The van der Waals surface area contributed by atoms with E-state index in [9.17, 15) is 13.6 Å². The van der Waals surface area contributed by atoms with E-state index in [0.29, 0.717) is 28.8 Å². The highest BCUT2D eigenvalue weighted by Gasteiger charge is 2.19. The number of fused-ring (bicyclic) bond motifs is 2. The minimum absolute atomic E-state index is 0.349. The first-order chi connectivity index (χ1) is 12.6. The molecule has 7 heteroatoms. The molecule has 0 spiro atoms. The van der Waals surface area contributed by atoms with Gasteiger partial charge in [-0.1, -0.05) is 25.1 Å². The van der Waals surface area contributed by atoms with Gasteiger partial charge in [0.1, 0.15) is 5.69 Å². The van der Waals surface area contributed by atoms with Crippen LogP contribution in [0.5, 0.6) is 0 Å². The number of rotatable bonds is 4. The summed E-state index contributed by atoms with van der Waals surface area (Å²) in [5.74, 6) is -2.25. The van der Waals surface area contributed by atoms with Crippen molar-refractivity contribution in [2.24, 2.45) is 0 Å². The topological polar surface area (TPSA) is 62.7 Å². The molecule has 0 aliphatic carbocycles. The van der Waals surface area contributed by atoms with Crippen molar-refractivity contribution in [1.82, 2.24) is 14.8 Å². The number of halogens is 2. The second kappa shape index (κ2) is 6.25. The molecule has 1 amide bonds. The normalized spacial score (nSPS) is 11.3. The zero-order valence-corrected chi connectivity index (χ0v) is 14.0. The highest BCUT2D eigenvalue weighted by atomic mass is 19.2. The van der Waals surface area contributed by atoms with E-state index < -0.39 is 11.6 Å². The number of carbonyl (C=O) groups excluding carboxylic acids is 1. The lowest BCUT2D eigenvalue weighted by Crippen LogP contribution is -2.18. The van der Waals surface area contributed by atoms with Crippen molar-refractivity contribution in [1.29, 1.82) is 0 Å². The minimum atomic E-state index is -0.964. The molecule has 132 valence electrons. The van der Waals surface area contributed by atoms with Gasteiger partial charge in [0, 0.05) is 29.6 Å². The Morgan fingerprint density at radius 2 is 1.96 bits per heavy atom. The second-order valence-corrected chi connectivity index (χ2v) is 6.06. The predicted octanol–water partition coefficient (Wildman–Crippen LogP) is 4.46. The van der Waals surface area contributed by atoms with E-state index in [0.717, 1.165) is 29.5 Å². The number of aromatic amines is 1. The number of anilines is 1. The van der Waals surface area contributed by atoms with E-state index in [4.69, 9.17) is 0 Å². The van der Waals surface area contributed by atoms with Gasteiger partial charge in [0.15, 0.2) is 11.6 Å². The van der Waals surface area contributed by atoms with Gasteiger partial charge < -0.3 is 10.3 Å². The molecule has 0 atom stereocenters. The monoisotopic (exact) mass is 354 g/mol. The fourth-order valence-electron chi connectivity index (χ4n) is 3.10. The van der Waals surface area contributed by atoms with Gasteiger partial charge in [-0.05, 0) is 18.6 Å². The summed E-state index contributed by atoms with van der Waals surface area (Å²) >= 11 is 0. The molecule has 26 heavy (non-hydrogen) atoms. The summed E-state index contributed by atoms with van der Waals surface area (Å²) in [5, 5.41) is 8.42. The molecule has 0 aliphatic rings. The molecule has 0 saturated carbocycles. The molecule has 2 aromatic heterocycles. The summed E-state index contributed by atoms with van der Waals surface area (Å²) in [7, 11) is 0. The van der Waals surface area contributed by atoms with Crippen molar-refractivity contribution in [3.8, 4) is 0 Å². The molecule has 0 radical (unpaired) electrons. The van der Waals surface area contributed by atoms with E-state index in [-0.39, 0.29) is 5.91 Å². The van der Waals surface area contributed by atoms with Gasteiger partial charge in [0.05, 0.1) is 16.7 Å². The number of H-pyrrole nitrogens is 1. The van der Waals surface area contributed by atoms with Crippen LogP contribution in [0.1, 0.15) is 23.8 Å². The van der Waals surface area contributed by atoms with Crippen molar-refractivity contribution >= 4 is 33.4 Å². The predicted molar refractivity (Wildman–Crippen MR) is 96.2 cm³/mol. The number of amides is 1.